The van der Waals surface area contributed by atoms with E-state index >= 15 is 0 Å². The lowest BCUT2D eigenvalue weighted by Crippen LogP contribution is -2.44. The van der Waals surface area contributed by atoms with E-state index < -0.39 is 12.0 Å². The number of aryl methyl sites for hydroxylation is 1. The SMILES string of the molecule is CCc1ccsc1C(=O)N(C1CC1)C(C)C(=O)O. The number of carboxylic acid groups (broad SMARTS) is 1. The fourth-order valence-corrected chi connectivity index (χ4v) is 2.99. The van der Waals surface area contributed by atoms with Crippen molar-refractivity contribution in [3.05, 3.63) is 21.9 Å². The van der Waals surface area contributed by atoms with Crippen molar-refractivity contribution in [1.82, 2.24) is 4.90 Å². The fraction of sp³-hybridized carbons (Fsp3) is 0.538. The average molecular weight is 267 g/mol. The quantitative estimate of drug-likeness (QED) is 0.891. The predicted octanol–water partition coefficient (Wildman–Crippen LogP) is 2.39. The molecule has 0 saturated heterocycles. The van der Waals surface area contributed by atoms with Crippen molar-refractivity contribution in [1.29, 1.82) is 0 Å². The Morgan fingerprint density at radius 2 is 2.22 bits per heavy atom. The van der Waals surface area contributed by atoms with Gasteiger partial charge in [-0.3, -0.25) is 4.79 Å². The number of nitrogens with zero attached hydrogens (tertiary/aromatic N) is 1. The summed E-state index contributed by atoms with van der Waals surface area (Å²) in [6, 6.07) is 1.29. The number of carbonyl (C=O) groups excluding carboxylic acids is 1. The molecule has 1 heterocycles. The highest BCUT2D eigenvalue weighted by Gasteiger charge is 2.39. The largest absolute Gasteiger partial charge is 0.480 e. The Balaban J connectivity index is 2.26. The van der Waals surface area contributed by atoms with Crippen molar-refractivity contribution in [2.75, 3.05) is 0 Å². The maximum Gasteiger partial charge on any atom is 0.326 e. The van der Waals surface area contributed by atoms with Gasteiger partial charge >= 0.3 is 5.97 Å². The normalized spacial score (nSPS) is 16.3. The van der Waals surface area contributed by atoms with E-state index in [4.69, 9.17) is 5.11 Å². The zero-order chi connectivity index (χ0) is 13.3. The zero-order valence-corrected chi connectivity index (χ0v) is 11.4. The van der Waals surface area contributed by atoms with Gasteiger partial charge < -0.3 is 10.0 Å². The molecule has 98 valence electrons. The van der Waals surface area contributed by atoms with Gasteiger partial charge in [0.1, 0.15) is 6.04 Å². The van der Waals surface area contributed by atoms with Gasteiger partial charge in [0.2, 0.25) is 0 Å². The number of carbonyl (C=O) groups is 2. The van der Waals surface area contributed by atoms with Crippen LogP contribution in [0.4, 0.5) is 0 Å². The van der Waals surface area contributed by atoms with Crippen molar-refractivity contribution in [2.24, 2.45) is 0 Å². The molecular weight excluding hydrogens is 250 g/mol. The van der Waals surface area contributed by atoms with Gasteiger partial charge in [-0.2, -0.15) is 0 Å². The first-order chi connectivity index (χ1) is 8.56. The van der Waals surface area contributed by atoms with E-state index in [0.29, 0.717) is 4.88 Å². The Morgan fingerprint density at radius 1 is 1.56 bits per heavy atom. The Bertz CT molecular complexity index is 465. The summed E-state index contributed by atoms with van der Waals surface area (Å²) >= 11 is 1.40. The molecule has 1 atom stereocenters. The summed E-state index contributed by atoms with van der Waals surface area (Å²) in [6.45, 7) is 3.58. The van der Waals surface area contributed by atoms with Gasteiger partial charge in [-0.05, 0) is 43.2 Å². The average Bonchev–Trinajstić information content (AvgIpc) is 3.05. The van der Waals surface area contributed by atoms with E-state index in [0.717, 1.165) is 24.8 Å². The van der Waals surface area contributed by atoms with Crippen molar-refractivity contribution in [3.8, 4) is 0 Å². The molecule has 0 aliphatic heterocycles. The predicted molar refractivity (Wildman–Crippen MR) is 70.0 cm³/mol. The molecule has 0 radical (unpaired) electrons. The van der Waals surface area contributed by atoms with Gasteiger partial charge in [0.05, 0.1) is 4.88 Å². The van der Waals surface area contributed by atoms with Crippen LogP contribution in [0.3, 0.4) is 0 Å². The van der Waals surface area contributed by atoms with Crippen LogP contribution in [0.2, 0.25) is 0 Å². The van der Waals surface area contributed by atoms with Gasteiger partial charge in [0.25, 0.3) is 5.91 Å². The number of aliphatic carboxylic acids is 1. The molecule has 0 aromatic carbocycles. The van der Waals surface area contributed by atoms with Crippen molar-refractivity contribution in [3.63, 3.8) is 0 Å². The first kappa shape index (κ1) is 13.1. The first-order valence-electron chi connectivity index (χ1n) is 6.18. The number of rotatable bonds is 5. The summed E-state index contributed by atoms with van der Waals surface area (Å²) in [5.74, 6) is -1.07. The molecule has 1 saturated carbocycles. The van der Waals surface area contributed by atoms with E-state index in [1.54, 1.807) is 6.92 Å². The number of hydrogen-bond donors (Lipinski definition) is 1. The molecule has 18 heavy (non-hydrogen) atoms. The van der Waals surface area contributed by atoms with Crippen LogP contribution in [-0.4, -0.2) is 34.0 Å². The minimum absolute atomic E-state index is 0.107. The summed E-state index contributed by atoms with van der Waals surface area (Å²) in [6.07, 6.45) is 2.62. The third kappa shape index (κ3) is 2.41. The third-order valence-corrected chi connectivity index (χ3v) is 4.22. The minimum Gasteiger partial charge on any atom is -0.480 e. The summed E-state index contributed by atoms with van der Waals surface area (Å²) in [5.41, 5.74) is 1.01. The smallest absolute Gasteiger partial charge is 0.326 e. The van der Waals surface area contributed by atoms with E-state index in [9.17, 15) is 9.59 Å². The Morgan fingerprint density at radius 3 is 2.72 bits per heavy atom. The van der Waals surface area contributed by atoms with Crippen LogP contribution in [-0.2, 0) is 11.2 Å². The Labute approximate surface area is 110 Å². The molecule has 1 unspecified atom stereocenters. The van der Waals surface area contributed by atoms with Crippen LogP contribution in [0.25, 0.3) is 0 Å². The molecule has 0 spiro atoms. The molecule has 2 rings (SSSR count). The van der Waals surface area contributed by atoms with Crippen LogP contribution in [0, 0.1) is 0 Å². The molecular formula is C13H17NO3S. The van der Waals surface area contributed by atoms with Gasteiger partial charge in [-0.1, -0.05) is 6.92 Å². The van der Waals surface area contributed by atoms with E-state index in [1.165, 1.54) is 16.2 Å². The van der Waals surface area contributed by atoms with Gasteiger partial charge in [0.15, 0.2) is 0 Å². The summed E-state index contributed by atoms with van der Waals surface area (Å²) in [7, 11) is 0. The van der Waals surface area contributed by atoms with Gasteiger partial charge in [-0.15, -0.1) is 11.3 Å². The molecule has 1 amide bonds. The molecule has 1 aliphatic carbocycles. The molecule has 0 bridgehead atoms. The van der Waals surface area contributed by atoms with E-state index in [2.05, 4.69) is 0 Å². The summed E-state index contributed by atoms with van der Waals surface area (Å²) in [5, 5.41) is 11.0. The highest BCUT2D eigenvalue weighted by molar-refractivity contribution is 7.12. The first-order valence-corrected chi connectivity index (χ1v) is 7.06. The van der Waals surface area contributed by atoms with Gasteiger partial charge in [0, 0.05) is 6.04 Å². The molecule has 1 fully saturated rings. The second kappa shape index (κ2) is 5.10. The maximum absolute atomic E-state index is 12.5. The Kier molecular flexibility index (Phi) is 3.71. The molecule has 4 nitrogen and oxygen atoms in total. The van der Waals surface area contributed by atoms with Crippen LogP contribution >= 0.6 is 11.3 Å². The minimum atomic E-state index is -0.940. The number of carboxylic acids is 1. The summed E-state index contributed by atoms with van der Waals surface area (Å²) in [4.78, 5) is 25.8. The van der Waals surface area contributed by atoms with E-state index in [1.807, 2.05) is 18.4 Å². The van der Waals surface area contributed by atoms with Crippen LogP contribution in [0.5, 0.6) is 0 Å². The maximum atomic E-state index is 12.5. The molecule has 1 N–H and O–H groups in total. The van der Waals surface area contributed by atoms with Crippen molar-refractivity contribution < 1.29 is 14.7 Å². The topological polar surface area (TPSA) is 57.6 Å². The molecule has 1 aliphatic rings. The number of amides is 1. The van der Waals surface area contributed by atoms with Crippen molar-refractivity contribution >= 4 is 23.2 Å². The number of thiophene rings is 1. The lowest BCUT2D eigenvalue weighted by molar-refractivity contribution is -0.141. The lowest BCUT2D eigenvalue weighted by atomic mass is 10.1. The monoisotopic (exact) mass is 267 g/mol. The zero-order valence-electron chi connectivity index (χ0n) is 10.5. The molecule has 1 aromatic rings. The van der Waals surface area contributed by atoms with Crippen LogP contribution < -0.4 is 0 Å². The van der Waals surface area contributed by atoms with Crippen LogP contribution in [0.1, 0.15) is 41.9 Å². The van der Waals surface area contributed by atoms with Crippen LogP contribution in [0.15, 0.2) is 11.4 Å². The standard InChI is InChI=1S/C13H17NO3S/c1-3-9-6-7-18-11(9)12(15)14(10-4-5-10)8(2)13(16)17/h6-8,10H,3-5H2,1-2H3,(H,16,17). The summed E-state index contributed by atoms with van der Waals surface area (Å²) < 4.78 is 0. The second-order valence-electron chi connectivity index (χ2n) is 4.59. The third-order valence-electron chi connectivity index (χ3n) is 3.27. The second-order valence-corrected chi connectivity index (χ2v) is 5.50. The molecule has 5 heteroatoms. The van der Waals surface area contributed by atoms with Gasteiger partial charge in [-0.25, -0.2) is 4.79 Å². The van der Waals surface area contributed by atoms with E-state index in [-0.39, 0.29) is 11.9 Å². The van der Waals surface area contributed by atoms with Crippen molar-refractivity contribution in [2.45, 2.75) is 45.2 Å². The fourth-order valence-electron chi connectivity index (χ4n) is 2.05. The number of hydrogen-bond acceptors (Lipinski definition) is 3. The Hall–Kier alpha value is -1.36. The molecule has 1 aromatic heterocycles. The highest BCUT2D eigenvalue weighted by atomic mass is 32.1. The highest BCUT2D eigenvalue weighted by Crippen LogP contribution is 2.32. The lowest BCUT2D eigenvalue weighted by Gasteiger charge is -2.26.